The normalized spacial score (nSPS) is 29.8. The number of Topliss-reactive ketones (excluding diaryl/α,β-unsaturated/α-hetero) is 2. The van der Waals surface area contributed by atoms with Crippen LogP contribution in [0.15, 0.2) is 29.0 Å². The number of aromatic hydroxyl groups is 1. The Kier molecular flexibility index (Phi) is 5.45. The van der Waals surface area contributed by atoms with E-state index in [-0.39, 0.29) is 29.0 Å². The molecule has 0 aliphatic heterocycles. The number of phenols is 1. The van der Waals surface area contributed by atoms with Crippen molar-refractivity contribution in [1.82, 2.24) is 4.90 Å². The number of rotatable bonds is 3. The molecule has 0 unspecified atom stereocenters. The van der Waals surface area contributed by atoms with Gasteiger partial charge >= 0.3 is 10.4 Å². The summed E-state index contributed by atoms with van der Waals surface area (Å²) in [6, 6.07) is 0.740. The number of phenolic OH excluding ortho intramolecular Hbond substituents is 1. The predicted molar refractivity (Wildman–Crippen MR) is 133 cm³/mol. The third-order valence-electron chi connectivity index (χ3n) is 6.82. The third-order valence-corrected chi connectivity index (χ3v) is 6.82. The Balaban J connectivity index is 0.000000978. The zero-order chi connectivity index (χ0) is 34.1. The molecular weight excluding hydrogens is 526 g/mol. The Morgan fingerprint density at radius 3 is 2.24 bits per heavy atom. The summed E-state index contributed by atoms with van der Waals surface area (Å²) in [5.74, 6) is -8.56. The number of aliphatic hydroxyl groups is 3. The van der Waals surface area contributed by atoms with Crippen LogP contribution in [0.5, 0.6) is 5.75 Å². The minimum Gasteiger partial charge on any atom is -0.508 e. The van der Waals surface area contributed by atoms with Crippen molar-refractivity contribution in [2.75, 3.05) is 32.9 Å². The molecule has 4 rings (SSSR count). The highest BCUT2D eigenvalue weighted by Crippen LogP contribution is 2.53. The maximum atomic E-state index is 13.8. The fourth-order valence-electron chi connectivity index (χ4n) is 5.44. The molecule has 14 nitrogen and oxygen atoms in total. The molecule has 0 saturated heterocycles. The third kappa shape index (κ3) is 4.63. The van der Waals surface area contributed by atoms with Gasteiger partial charge in [-0.25, -0.2) is 0 Å². The number of aliphatic hydroxyl groups excluding tert-OH is 2. The summed E-state index contributed by atoms with van der Waals surface area (Å²) in [6.45, 7) is -6.32. The van der Waals surface area contributed by atoms with Gasteiger partial charge in [0, 0.05) is 39.4 Å². The van der Waals surface area contributed by atoms with Crippen LogP contribution in [0.4, 0.5) is 5.69 Å². The molecule has 0 spiro atoms. The standard InChI is InChI=1S/C23H27N3O7.H2O4S/c1-25(2)12-5-6-13(27)15-10(12)7-9-8-11-17(26(3)4)19(29)16(22(24)32)21(31)23(11,33)20(30)14(9)18(15)28;1-5(2,3)4/h5-6,9,11,17,27-28,31,33H,7-8H2,1-4H3,(H2,24,32);(H2,1,2,3,4)/t9-,11-,17-,23-;/m0./s1/i1D3,2D3;. The number of amides is 1. The summed E-state index contributed by atoms with van der Waals surface area (Å²) in [6.07, 6.45) is -0.497. The molecule has 8 N–H and O–H groups in total. The number of anilines is 1. The number of carbonyl (C=O) groups excluding carboxylic acids is 3. The highest BCUT2D eigenvalue weighted by atomic mass is 32.3. The molecule has 0 radical (unpaired) electrons. The molecule has 1 aromatic carbocycles. The average Bonchev–Trinajstić information content (AvgIpc) is 2.80. The zero-order valence-electron chi connectivity index (χ0n) is 25.9. The fraction of sp³-hybridized carbons (Fsp3) is 0.435. The second kappa shape index (κ2) is 9.67. The lowest BCUT2D eigenvalue weighted by atomic mass is 9.57. The van der Waals surface area contributed by atoms with Gasteiger partial charge in [-0.3, -0.25) is 28.4 Å². The van der Waals surface area contributed by atoms with E-state index in [1.807, 2.05) is 0 Å². The summed E-state index contributed by atoms with van der Waals surface area (Å²) < 4.78 is 78.4. The van der Waals surface area contributed by atoms with E-state index in [4.69, 9.17) is 31.5 Å². The molecule has 3 aliphatic carbocycles. The van der Waals surface area contributed by atoms with Crippen LogP contribution < -0.4 is 10.6 Å². The van der Waals surface area contributed by atoms with E-state index in [9.17, 15) is 34.8 Å². The highest BCUT2D eigenvalue weighted by Gasteiger charge is 2.64. The van der Waals surface area contributed by atoms with Gasteiger partial charge in [0.25, 0.3) is 5.91 Å². The van der Waals surface area contributed by atoms with Gasteiger partial charge in [0.2, 0.25) is 5.78 Å². The van der Waals surface area contributed by atoms with Crippen LogP contribution in [0.2, 0.25) is 0 Å². The van der Waals surface area contributed by atoms with Gasteiger partial charge in [0.15, 0.2) is 11.4 Å². The van der Waals surface area contributed by atoms with E-state index in [0.29, 0.717) is 0 Å². The van der Waals surface area contributed by atoms with Crippen LogP contribution in [-0.4, -0.2) is 100 Å². The SMILES string of the molecule is O=S(=O)(O)O.[2H]C([2H])([2H])N(c1ccc(O)c2c1C[C@H]1C[C@H]3[C@H](N(C)C)C(=O)C(C(N)=O)=C(O)[C@@]3(O)C(=O)C1=C2O)C([2H])([2H])[2H]. The van der Waals surface area contributed by atoms with Crippen molar-refractivity contribution in [3.05, 3.63) is 40.2 Å². The van der Waals surface area contributed by atoms with Crippen molar-refractivity contribution >= 4 is 39.3 Å². The molecule has 38 heavy (non-hydrogen) atoms. The fourth-order valence-corrected chi connectivity index (χ4v) is 5.44. The van der Waals surface area contributed by atoms with E-state index in [0.717, 1.165) is 12.1 Å². The second-order valence-corrected chi connectivity index (χ2v) is 10.1. The van der Waals surface area contributed by atoms with Gasteiger partial charge in [-0.05, 0) is 50.6 Å². The number of carbonyl (C=O) groups is 3. The minimum absolute atomic E-state index is 0.0760. The topological polar surface area (TPSA) is 239 Å². The summed E-state index contributed by atoms with van der Waals surface area (Å²) >= 11 is 0. The molecule has 0 aromatic heterocycles. The van der Waals surface area contributed by atoms with Crippen molar-refractivity contribution in [3.8, 4) is 5.75 Å². The number of benzene rings is 1. The lowest BCUT2D eigenvalue weighted by Gasteiger charge is -2.50. The Morgan fingerprint density at radius 1 is 1.16 bits per heavy atom. The first-order valence-corrected chi connectivity index (χ1v) is 12.2. The number of hydrogen-bond donors (Lipinski definition) is 7. The van der Waals surface area contributed by atoms with E-state index in [1.54, 1.807) is 0 Å². The molecule has 4 atom stereocenters. The van der Waals surface area contributed by atoms with E-state index in [2.05, 4.69) is 0 Å². The van der Waals surface area contributed by atoms with Crippen molar-refractivity contribution in [1.29, 1.82) is 0 Å². The maximum absolute atomic E-state index is 13.8. The van der Waals surface area contributed by atoms with Crippen LogP contribution >= 0.6 is 0 Å². The van der Waals surface area contributed by atoms with Crippen LogP contribution in [0, 0.1) is 11.8 Å². The summed E-state index contributed by atoms with van der Waals surface area (Å²) in [5.41, 5.74) is 0.227. The van der Waals surface area contributed by atoms with Gasteiger partial charge in [0.05, 0.1) is 11.6 Å². The van der Waals surface area contributed by atoms with Crippen LogP contribution in [0.3, 0.4) is 0 Å². The second-order valence-electron chi connectivity index (χ2n) is 9.20. The monoisotopic (exact) mass is 561 g/mol. The van der Waals surface area contributed by atoms with Crippen molar-refractivity contribution < 1.29 is 60.6 Å². The smallest absolute Gasteiger partial charge is 0.394 e. The summed E-state index contributed by atoms with van der Waals surface area (Å²) in [5, 5.41) is 44.3. The number of nitrogens with two attached hydrogens (primary N) is 1. The molecular formula is C23H29N3O11S. The van der Waals surface area contributed by atoms with Gasteiger partial charge < -0.3 is 31.1 Å². The molecule has 0 bridgehead atoms. The molecule has 1 fully saturated rings. The lowest BCUT2D eigenvalue weighted by Crippen LogP contribution is -2.65. The first kappa shape index (κ1) is 21.4. The number of likely N-dealkylation sites (N-methyl/N-ethyl adjacent to an activating group) is 1. The van der Waals surface area contributed by atoms with Crippen molar-refractivity contribution in [3.63, 3.8) is 0 Å². The molecule has 15 heteroatoms. The molecule has 3 aliphatic rings. The lowest BCUT2D eigenvalue weighted by molar-refractivity contribution is -0.153. The minimum atomic E-state index is -4.67. The van der Waals surface area contributed by atoms with Crippen molar-refractivity contribution in [2.24, 2.45) is 17.6 Å². The molecule has 208 valence electrons. The number of primary amides is 1. The number of hydrogen-bond acceptors (Lipinski definition) is 11. The Bertz CT molecular complexity index is 1580. The van der Waals surface area contributed by atoms with Gasteiger partial charge in [-0.2, -0.15) is 8.42 Å². The van der Waals surface area contributed by atoms with Crippen LogP contribution in [0.25, 0.3) is 5.76 Å². The first-order valence-electron chi connectivity index (χ1n) is 13.8. The largest absolute Gasteiger partial charge is 0.508 e. The first-order chi connectivity index (χ1) is 19.8. The Labute approximate surface area is 226 Å². The average molecular weight is 562 g/mol. The quantitative estimate of drug-likeness (QED) is 0.180. The Morgan fingerprint density at radius 2 is 1.74 bits per heavy atom. The van der Waals surface area contributed by atoms with Crippen LogP contribution in [0.1, 0.15) is 25.8 Å². The number of nitrogens with zero attached hydrogens (tertiary/aromatic N) is 2. The molecule has 1 saturated carbocycles. The highest BCUT2D eigenvalue weighted by molar-refractivity contribution is 7.79. The summed E-state index contributed by atoms with van der Waals surface area (Å²) in [4.78, 5) is 40.5. The number of fused-ring (bicyclic) bond motifs is 3. The maximum Gasteiger partial charge on any atom is 0.394 e. The van der Waals surface area contributed by atoms with Crippen LogP contribution in [-0.2, 0) is 31.2 Å². The number of ketones is 2. The van der Waals surface area contributed by atoms with E-state index >= 15 is 0 Å². The van der Waals surface area contributed by atoms with Crippen molar-refractivity contribution in [2.45, 2.75) is 24.5 Å². The summed E-state index contributed by atoms with van der Waals surface area (Å²) in [7, 11) is -1.76. The molecule has 0 heterocycles. The predicted octanol–water partition coefficient (Wildman–Crippen LogP) is -0.623. The van der Waals surface area contributed by atoms with E-state index in [1.165, 1.54) is 19.0 Å². The zero-order valence-corrected chi connectivity index (χ0v) is 20.7. The Hall–Kier alpha value is -3.50. The van der Waals surface area contributed by atoms with Gasteiger partial charge in [-0.15, -0.1) is 0 Å². The van der Waals surface area contributed by atoms with Gasteiger partial charge in [-0.1, -0.05) is 0 Å². The van der Waals surface area contributed by atoms with Gasteiger partial charge in [0.1, 0.15) is 22.8 Å². The molecule has 1 aromatic rings. The molecule has 1 amide bonds. The van der Waals surface area contributed by atoms with E-state index < -0.39 is 99.3 Å².